The fourth-order valence-corrected chi connectivity index (χ4v) is 4.90. The molecular weight excluding hydrogens is 402 g/mol. The maximum absolute atomic E-state index is 12.4. The summed E-state index contributed by atoms with van der Waals surface area (Å²) in [6.45, 7) is 6.24. The van der Waals surface area contributed by atoms with Gasteiger partial charge < -0.3 is 14.9 Å². The Morgan fingerprint density at radius 3 is 2.37 bits per heavy atom. The topological polar surface area (TPSA) is 64.1 Å². The van der Waals surface area contributed by atoms with Crippen molar-refractivity contribution >= 4 is 57.6 Å². The molecule has 1 amide bonds. The van der Waals surface area contributed by atoms with Gasteiger partial charge in [-0.3, -0.25) is 14.5 Å². The molecule has 2 heterocycles. The van der Waals surface area contributed by atoms with Crippen molar-refractivity contribution in [3.05, 3.63) is 34.2 Å². The molecular formula is C18H23N3O3S3. The summed E-state index contributed by atoms with van der Waals surface area (Å²) in [6.07, 6.45) is 0. The Kier molecular flexibility index (Phi) is 7.72. The van der Waals surface area contributed by atoms with Gasteiger partial charge in [0.05, 0.1) is 10.7 Å². The van der Waals surface area contributed by atoms with Gasteiger partial charge in [0.2, 0.25) is 0 Å². The Morgan fingerprint density at radius 2 is 1.85 bits per heavy atom. The number of carboxylic acids is 1. The zero-order valence-corrected chi connectivity index (χ0v) is 18.2. The molecule has 2 aliphatic heterocycles. The van der Waals surface area contributed by atoms with Gasteiger partial charge in [0.15, 0.2) is 0 Å². The lowest BCUT2D eigenvalue weighted by Gasteiger charge is -2.15. The first kappa shape index (κ1) is 21.7. The van der Waals surface area contributed by atoms with Crippen molar-refractivity contribution in [1.29, 1.82) is 0 Å². The zero-order valence-electron chi connectivity index (χ0n) is 15.8. The van der Waals surface area contributed by atoms with E-state index in [1.54, 1.807) is 0 Å². The van der Waals surface area contributed by atoms with Gasteiger partial charge in [-0.25, -0.2) is 0 Å². The minimum Gasteiger partial charge on any atom is -0.480 e. The summed E-state index contributed by atoms with van der Waals surface area (Å²) < 4.78 is 0.287. The molecule has 0 aliphatic carbocycles. The number of fused-ring (bicyclic) bond motifs is 1. The molecule has 9 heteroatoms. The number of carbonyl (C=O) groups is 2. The van der Waals surface area contributed by atoms with Crippen LogP contribution in [0.4, 0.5) is 5.69 Å². The smallest absolute Gasteiger partial charge is 0.323 e. The second-order valence-electron chi connectivity index (χ2n) is 5.90. The lowest BCUT2D eigenvalue weighted by Crippen LogP contribution is -2.33. The third kappa shape index (κ3) is 5.04. The minimum atomic E-state index is -1.08. The van der Waals surface area contributed by atoms with Crippen LogP contribution in [-0.4, -0.2) is 64.8 Å². The number of para-hydroxylation sites is 1. The molecule has 27 heavy (non-hydrogen) atoms. The number of hydrogen-bond donors (Lipinski definition) is 1. The highest BCUT2D eigenvalue weighted by Crippen LogP contribution is 2.49. The summed E-state index contributed by atoms with van der Waals surface area (Å²) in [5.41, 5.74) is 1.03. The third-order valence-electron chi connectivity index (χ3n) is 4.15. The first-order valence-corrected chi connectivity index (χ1v) is 10.5. The molecule has 3 rings (SSSR count). The van der Waals surface area contributed by atoms with E-state index in [9.17, 15) is 9.59 Å². The van der Waals surface area contributed by atoms with E-state index in [0.717, 1.165) is 45.4 Å². The van der Waals surface area contributed by atoms with E-state index in [4.69, 9.17) is 17.3 Å². The Bertz CT molecular complexity index is 778. The number of benzene rings is 1. The number of carbonyl (C=O) groups excluding carboxylic acids is 1. The van der Waals surface area contributed by atoms with Crippen LogP contribution in [0.25, 0.3) is 0 Å². The summed E-state index contributed by atoms with van der Waals surface area (Å²) in [6, 6.07) is 7.85. The van der Waals surface area contributed by atoms with E-state index in [1.165, 1.54) is 11.8 Å². The average molecular weight is 426 g/mol. The van der Waals surface area contributed by atoms with E-state index in [0.29, 0.717) is 4.91 Å². The van der Waals surface area contributed by atoms with Gasteiger partial charge in [0, 0.05) is 11.9 Å². The molecule has 0 radical (unpaired) electrons. The van der Waals surface area contributed by atoms with Crippen LogP contribution >= 0.6 is 35.7 Å². The number of rotatable bonds is 4. The fraction of sp³-hybridized carbons (Fsp3) is 0.389. The summed E-state index contributed by atoms with van der Waals surface area (Å²) in [5.74, 6) is -1.41. The van der Waals surface area contributed by atoms with Crippen LogP contribution in [0.2, 0.25) is 0 Å². The van der Waals surface area contributed by atoms with Crippen molar-refractivity contribution in [2.75, 3.05) is 38.6 Å². The summed E-state index contributed by atoms with van der Waals surface area (Å²) in [5, 5.41) is 9.65. The summed E-state index contributed by atoms with van der Waals surface area (Å²) in [4.78, 5) is 30.1. The standard InChI is InChI=1S/C13H10N2O3S3.C5H13N/c1-14-7-4-2-3-5-8(7)20-12(14)10-11(18)15(6-9(16)17)13(19)21-10;1-4-6(3)5-2/h2-5H,6H2,1H3,(H,16,17);4-5H2,1-3H3/b12-10+;. The van der Waals surface area contributed by atoms with Crippen LogP contribution in [0.3, 0.4) is 0 Å². The molecule has 1 aromatic carbocycles. The normalized spacial score (nSPS) is 18.7. The Labute approximate surface area is 173 Å². The molecule has 1 saturated heterocycles. The van der Waals surface area contributed by atoms with E-state index in [-0.39, 0.29) is 10.2 Å². The van der Waals surface area contributed by atoms with Crippen LogP contribution in [0.15, 0.2) is 39.1 Å². The predicted molar refractivity (Wildman–Crippen MR) is 116 cm³/mol. The maximum Gasteiger partial charge on any atom is 0.323 e. The molecule has 0 bridgehead atoms. The lowest BCUT2D eigenvalue weighted by atomic mass is 10.3. The SMILES string of the molecule is CCN(C)CC.CN1/C(=C2\SC(=S)N(CC(=O)O)C2=O)Sc2ccccc21. The van der Waals surface area contributed by atoms with Gasteiger partial charge in [-0.2, -0.15) is 0 Å². The van der Waals surface area contributed by atoms with Crippen molar-refractivity contribution < 1.29 is 14.7 Å². The van der Waals surface area contributed by atoms with Crippen molar-refractivity contribution in [3.63, 3.8) is 0 Å². The number of anilines is 1. The molecule has 146 valence electrons. The lowest BCUT2D eigenvalue weighted by molar-refractivity contribution is -0.140. The van der Waals surface area contributed by atoms with E-state index >= 15 is 0 Å². The van der Waals surface area contributed by atoms with Gasteiger partial charge in [0.25, 0.3) is 5.91 Å². The Balaban J connectivity index is 0.000000380. The van der Waals surface area contributed by atoms with Gasteiger partial charge in [-0.1, -0.05) is 61.7 Å². The van der Waals surface area contributed by atoms with Crippen molar-refractivity contribution in [2.45, 2.75) is 18.7 Å². The molecule has 1 N–H and O–H groups in total. The van der Waals surface area contributed by atoms with Crippen LogP contribution in [0.1, 0.15) is 13.8 Å². The van der Waals surface area contributed by atoms with Crippen molar-refractivity contribution in [2.24, 2.45) is 0 Å². The molecule has 1 aromatic rings. The highest BCUT2D eigenvalue weighted by molar-refractivity contribution is 8.27. The molecule has 0 saturated carbocycles. The zero-order chi connectivity index (χ0) is 20.1. The van der Waals surface area contributed by atoms with Gasteiger partial charge in [-0.15, -0.1) is 0 Å². The van der Waals surface area contributed by atoms with Crippen LogP contribution < -0.4 is 4.90 Å². The monoisotopic (exact) mass is 425 g/mol. The largest absolute Gasteiger partial charge is 0.480 e. The van der Waals surface area contributed by atoms with Gasteiger partial charge in [0.1, 0.15) is 15.8 Å². The van der Waals surface area contributed by atoms with Gasteiger partial charge in [-0.05, 0) is 32.3 Å². The number of thiocarbonyl (C=S) groups is 1. The highest BCUT2D eigenvalue weighted by atomic mass is 32.2. The second-order valence-corrected chi connectivity index (χ2v) is 8.58. The van der Waals surface area contributed by atoms with Crippen LogP contribution in [0.5, 0.6) is 0 Å². The first-order valence-electron chi connectivity index (χ1n) is 8.49. The van der Waals surface area contributed by atoms with E-state index in [2.05, 4.69) is 25.8 Å². The number of amides is 1. The summed E-state index contributed by atoms with van der Waals surface area (Å²) in [7, 11) is 4.00. The maximum atomic E-state index is 12.4. The van der Waals surface area contributed by atoms with Crippen LogP contribution in [0, 0.1) is 0 Å². The number of thioether (sulfide) groups is 2. The molecule has 0 spiro atoms. The third-order valence-corrected chi connectivity index (χ3v) is 6.96. The first-order chi connectivity index (χ1) is 12.8. The average Bonchev–Trinajstić information content (AvgIpc) is 3.13. The molecule has 0 unspecified atom stereocenters. The molecule has 6 nitrogen and oxygen atoms in total. The molecule has 1 fully saturated rings. The quantitative estimate of drug-likeness (QED) is 0.582. The van der Waals surface area contributed by atoms with Crippen LogP contribution in [-0.2, 0) is 9.59 Å². The van der Waals surface area contributed by atoms with E-state index < -0.39 is 12.5 Å². The molecule has 2 aliphatic rings. The number of hydrogen-bond acceptors (Lipinski definition) is 7. The van der Waals surface area contributed by atoms with Gasteiger partial charge >= 0.3 is 5.97 Å². The molecule has 0 atom stereocenters. The number of carboxylic acid groups (broad SMARTS) is 1. The van der Waals surface area contributed by atoms with Crippen molar-refractivity contribution in [3.8, 4) is 0 Å². The number of nitrogens with zero attached hydrogens (tertiary/aromatic N) is 3. The number of aliphatic carboxylic acids is 1. The van der Waals surface area contributed by atoms with Crippen molar-refractivity contribution in [1.82, 2.24) is 9.80 Å². The Hall–Kier alpha value is -1.55. The highest BCUT2D eigenvalue weighted by Gasteiger charge is 2.38. The Morgan fingerprint density at radius 1 is 1.22 bits per heavy atom. The summed E-state index contributed by atoms with van der Waals surface area (Å²) >= 11 is 7.77. The molecule has 0 aromatic heterocycles. The minimum absolute atomic E-state index is 0.287. The predicted octanol–water partition coefficient (Wildman–Crippen LogP) is 3.30. The fourth-order valence-electron chi connectivity index (χ4n) is 2.32. The van der Waals surface area contributed by atoms with E-state index in [1.807, 2.05) is 36.2 Å². The second kappa shape index (κ2) is 9.59.